The molecule has 3 atom stereocenters. The first-order valence-corrected chi connectivity index (χ1v) is 15.7. The van der Waals surface area contributed by atoms with Crippen LogP contribution >= 0.6 is 0 Å². The number of benzene rings is 2. The largest absolute Gasteiger partial charge is 0.445 e. The van der Waals surface area contributed by atoms with Crippen LogP contribution in [0.5, 0.6) is 5.88 Å². The van der Waals surface area contributed by atoms with Gasteiger partial charge in [0.15, 0.2) is 0 Å². The van der Waals surface area contributed by atoms with Crippen molar-refractivity contribution in [3.8, 4) is 5.88 Å². The van der Waals surface area contributed by atoms with Gasteiger partial charge in [0.1, 0.15) is 35.5 Å². The zero-order chi connectivity index (χ0) is 35.6. The van der Waals surface area contributed by atoms with Crippen LogP contribution in [0.15, 0.2) is 72.9 Å². The summed E-state index contributed by atoms with van der Waals surface area (Å²) in [5, 5.41) is 10.2. The van der Waals surface area contributed by atoms with Crippen LogP contribution in [0.25, 0.3) is 0 Å². The average molecular weight is 676 g/mol. The van der Waals surface area contributed by atoms with Crippen LogP contribution in [-0.4, -0.2) is 58.2 Å². The number of fused-ring (bicyclic) bond motifs is 1. The minimum absolute atomic E-state index is 0.0276. The third-order valence-corrected chi connectivity index (χ3v) is 7.48. The molecule has 1 aliphatic carbocycles. The molecule has 49 heavy (non-hydrogen) atoms. The number of carbonyl (C=O) groups excluding carboxylic acids is 5. The lowest BCUT2D eigenvalue weighted by Crippen LogP contribution is -2.59. The van der Waals surface area contributed by atoms with Crippen molar-refractivity contribution in [3.05, 3.63) is 89.6 Å². The standard InChI is InChI=1S/C35H41N5O9/c1-22(37-28(41)23(2)38-32(44)46-21-24-12-7-6-8-13-24)29(42)39-27-16-11-19-36-30(27)48-49-31(43)35(40-33(45)47-34(3,4)5)18-17-25-14-9-10-15-26(25)20-35/h6-16,19,22-23H,17-18,20-21H2,1-5H3,(H,37,41)(H,38,44)(H,39,42)(H,40,45)/t22?,23?,35-/m0/s1. The van der Waals surface area contributed by atoms with Gasteiger partial charge in [0.2, 0.25) is 11.8 Å². The molecule has 0 saturated carbocycles. The highest BCUT2D eigenvalue weighted by molar-refractivity contribution is 5.98. The quantitative estimate of drug-likeness (QED) is 0.170. The zero-order valence-electron chi connectivity index (χ0n) is 28.0. The summed E-state index contributed by atoms with van der Waals surface area (Å²) in [5.41, 5.74) is 0.412. The van der Waals surface area contributed by atoms with Gasteiger partial charge < -0.3 is 30.7 Å². The Morgan fingerprint density at radius 2 is 1.51 bits per heavy atom. The van der Waals surface area contributed by atoms with Crippen LogP contribution < -0.4 is 26.2 Å². The maximum atomic E-state index is 13.6. The van der Waals surface area contributed by atoms with Crippen LogP contribution in [0, 0.1) is 0 Å². The minimum atomic E-state index is -1.51. The lowest BCUT2D eigenvalue weighted by molar-refractivity contribution is -0.223. The number of rotatable bonds is 11. The Hall–Kier alpha value is -5.66. The number of aromatic nitrogens is 1. The molecule has 0 spiro atoms. The summed E-state index contributed by atoms with van der Waals surface area (Å²) in [6.45, 7) is 8.04. The van der Waals surface area contributed by atoms with Crippen molar-refractivity contribution in [1.82, 2.24) is 20.9 Å². The van der Waals surface area contributed by atoms with Gasteiger partial charge in [-0.25, -0.2) is 24.3 Å². The van der Waals surface area contributed by atoms with Gasteiger partial charge in [0.05, 0.1) is 0 Å². The highest BCUT2D eigenvalue weighted by Gasteiger charge is 2.46. The number of nitrogens with zero attached hydrogens (tertiary/aromatic N) is 1. The summed E-state index contributed by atoms with van der Waals surface area (Å²) in [6, 6.07) is 17.5. The van der Waals surface area contributed by atoms with Crippen LogP contribution in [0.3, 0.4) is 0 Å². The number of pyridine rings is 1. The second kappa shape index (κ2) is 16.0. The fraction of sp³-hybridized carbons (Fsp3) is 0.371. The first-order valence-electron chi connectivity index (χ1n) is 15.7. The van der Waals surface area contributed by atoms with E-state index in [9.17, 15) is 24.0 Å². The third-order valence-electron chi connectivity index (χ3n) is 7.48. The van der Waals surface area contributed by atoms with Crippen LogP contribution in [0.4, 0.5) is 15.3 Å². The van der Waals surface area contributed by atoms with E-state index in [1.807, 2.05) is 42.5 Å². The van der Waals surface area contributed by atoms with Gasteiger partial charge in [-0.2, -0.15) is 0 Å². The second-order valence-electron chi connectivity index (χ2n) is 12.6. The number of nitrogens with one attached hydrogen (secondary N) is 4. The molecule has 4 amide bonds. The maximum absolute atomic E-state index is 13.6. The lowest BCUT2D eigenvalue weighted by atomic mass is 9.78. The maximum Gasteiger partial charge on any atom is 0.408 e. The zero-order valence-corrected chi connectivity index (χ0v) is 28.0. The molecule has 1 aliphatic rings. The van der Waals surface area contributed by atoms with E-state index >= 15 is 0 Å². The summed E-state index contributed by atoms with van der Waals surface area (Å²) in [5.74, 6) is -2.42. The van der Waals surface area contributed by atoms with Gasteiger partial charge in [-0.05, 0) is 76.3 Å². The molecule has 0 fully saturated rings. The molecule has 0 saturated heterocycles. The molecule has 14 heteroatoms. The summed E-state index contributed by atoms with van der Waals surface area (Å²) in [6.07, 6.45) is 0.603. The van der Waals surface area contributed by atoms with E-state index in [4.69, 9.17) is 19.2 Å². The molecular weight excluding hydrogens is 634 g/mol. The number of hydrogen-bond acceptors (Lipinski definition) is 10. The van der Waals surface area contributed by atoms with E-state index in [1.54, 1.807) is 32.9 Å². The minimum Gasteiger partial charge on any atom is -0.445 e. The summed E-state index contributed by atoms with van der Waals surface area (Å²) in [4.78, 5) is 78.9. The number of anilines is 1. The van der Waals surface area contributed by atoms with E-state index in [1.165, 1.54) is 32.2 Å². The number of ether oxygens (including phenoxy) is 2. The van der Waals surface area contributed by atoms with Crippen LogP contribution in [0.1, 0.15) is 57.7 Å². The third kappa shape index (κ3) is 10.4. The van der Waals surface area contributed by atoms with E-state index in [2.05, 4.69) is 26.3 Å². The van der Waals surface area contributed by atoms with E-state index in [0.717, 1.165) is 16.7 Å². The van der Waals surface area contributed by atoms with E-state index in [-0.39, 0.29) is 31.0 Å². The van der Waals surface area contributed by atoms with Crippen LogP contribution in [0.2, 0.25) is 0 Å². The first-order chi connectivity index (χ1) is 23.2. The normalized spacial score (nSPS) is 16.4. The highest BCUT2D eigenvalue weighted by atomic mass is 17.2. The van der Waals surface area contributed by atoms with E-state index in [0.29, 0.717) is 6.42 Å². The van der Waals surface area contributed by atoms with Gasteiger partial charge in [0.25, 0.3) is 5.88 Å². The van der Waals surface area contributed by atoms with Crippen molar-refractivity contribution in [2.45, 2.75) is 83.7 Å². The molecule has 4 N–H and O–H groups in total. The Bertz CT molecular complexity index is 1660. The first kappa shape index (κ1) is 36.2. The smallest absolute Gasteiger partial charge is 0.408 e. The second-order valence-corrected chi connectivity index (χ2v) is 12.6. The molecular formula is C35H41N5O9. The Morgan fingerprint density at radius 1 is 0.837 bits per heavy atom. The van der Waals surface area contributed by atoms with Crippen molar-refractivity contribution in [3.63, 3.8) is 0 Å². The molecule has 4 rings (SSSR count). The molecule has 2 unspecified atom stereocenters. The molecule has 1 heterocycles. The Kier molecular flexibility index (Phi) is 11.8. The monoisotopic (exact) mass is 675 g/mol. The van der Waals surface area contributed by atoms with Crippen molar-refractivity contribution >= 4 is 35.7 Å². The predicted molar refractivity (Wildman–Crippen MR) is 177 cm³/mol. The number of alkyl carbamates (subject to hydrolysis) is 2. The summed E-state index contributed by atoms with van der Waals surface area (Å²) >= 11 is 0. The average Bonchev–Trinajstić information content (AvgIpc) is 3.06. The summed E-state index contributed by atoms with van der Waals surface area (Å²) < 4.78 is 10.6. The Morgan fingerprint density at radius 3 is 2.22 bits per heavy atom. The fourth-order valence-electron chi connectivity index (χ4n) is 4.93. The topological polar surface area (TPSA) is 183 Å². The molecule has 2 aromatic carbocycles. The predicted octanol–water partition coefficient (Wildman–Crippen LogP) is 4.13. The van der Waals surface area contributed by atoms with Crippen LogP contribution in [-0.2, 0) is 48.2 Å². The van der Waals surface area contributed by atoms with Gasteiger partial charge in [-0.1, -0.05) is 54.6 Å². The van der Waals surface area contributed by atoms with Gasteiger partial charge in [0, 0.05) is 12.6 Å². The van der Waals surface area contributed by atoms with Gasteiger partial charge in [-0.3, -0.25) is 14.5 Å². The molecule has 260 valence electrons. The molecule has 0 bridgehead atoms. The Labute approximate surface area is 284 Å². The lowest BCUT2D eigenvalue weighted by Gasteiger charge is -2.36. The molecule has 14 nitrogen and oxygen atoms in total. The molecule has 0 aliphatic heterocycles. The van der Waals surface area contributed by atoms with E-state index < -0.39 is 53.2 Å². The number of carbonyl (C=O) groups is 5. The molecule has 3 aromatic rings. The highest BCUT2D eigenvalue weighted by Crippen LogP contribution is 2.31. The van der Waals surface area contributed by atoms with Crippen molar-refractivity contribution in [2.24, 2.45) is 0 Å². The number of hydrogen-bond donors (Lipinski definition) is 4. The SMILES string of the molecule is CC(NC(=O)OCc1ccccc1)C(=O)NC(C)C(=O)Nc1cccnc1OOC(=O)[C@]1(NC(=O)OC(C)(C)C)CCc2ccccc2C1. The summed E-state index contributed by atoms with van der Waals surface area (Å²) in [7, 11) is 0. The number of amides is 4. The van der Waals surface area contributed by atoms with Crippen molar-refractivity contribution in [1.29, 1.82) is 0 Å². The van der Waals surface area contributed by atoms with Gasteiger partial charge >= 0.3 is 18.2 Å². The molecule has 1 aromatic heterocycles. The van der Waals surface area contributed by atoms with Crippen molar-refractivity contribution < 1.29 is 43.2 Å². The van der Waals surface area contributed by atoms with Gasteiger partial charge in [-0.15, -0.1) is 0 Å². The Balaban J connectivity index is 1.35. The number of aryl methyl sites for hydroxylation is 1. The van der Waals surface area contributed by atoms with Crippen molar-refractivity contribution in [2.75, 3.05) is 5.32 Å². The fourth-order valence-corrected chi connectivity index (χ4v) is 4.93. The molecule has 0 radical (unpaired) electrons.